The van der Waals surface area contributed by atoms with Crippen molar-refractivity contribution in [1.82, 2.24) is 14.5 Å². The van der Waals surface area contributed by atoms with E-state index in [1.165, 1.54) is 15.5 Å². The second-order valence-corrected chi connectivity index (χ2v) is 14.7. The fraction of sp³-hybridized carbons (Fsp3) is 0.292. The number of aromatic amines is 1. The van der Waals surface area contributed by atoms with Gasteiger partial charge in [0.05, 0.1) is 13.2 Å². The zero-order valence-corrected chi connectivity index (χ0v) is 26.4. The maximum Gasteiger partial charge on any atom is 0.490 e. The Kier molecular flexibility index (Phi) is 9.80. The van der Waals surface area contributed by atoms with Crippen molar-refractivity contribution in [2.75, 3.05) is 19.5 Å². The maximum absolute atomic E-state index is 13.0. The van der Waals surface area contributed by atoms with Crippen LogP contribution < -0.4 is 15.9 Å². The molecule has 0 radical (unpaired) electrons. The predicted octanol–water partition coefficient (Wildman–Crippen LogP) is 0.926. The summed E-state index contributed by atoms with van der Waals surface area (Å²) in [6.45, 7) is -0.823. The van der Waals surface area contributed by atoms with E-state index in [1.54, 1.807) is 0 Å². The number of benzene rings is 2. The minimum atomic E-state index is -5.67. The minimum Gasteiger partial charge on any atom is -0.387 e. The Balaban J connectivity index is 1.36. The Morgan fingerprint density at radius 3 is 2.24 bits per heavy atom. The Morgan fingerprint density at radius 2 is 1.59 bits per heavy atom. The van der Waals surface area contributed by atoms with Gasteiger partial charge in [-0.1, -0.05) is 59.6 Å². The van der Waals surface area contributed by atoms with Crippen LogP contribution in [0.15, 0.2) is 65.7 Å². The van der Waals surface area contributed by atoms with Gasteiger partial charge >= 0.3 is 29.1 Å². The Bertz CT molecular complexity index is 1920. The number of nitrogens with one attached hydrogen (secondary N) is 1. The zero-order chi connectivity index (χ0) is 33.4. The van der Waals surface area contributed by atoms with E-state index in [4.69, 9.17) is 10.5 Å². The number of hydrogen-bond donors (Lipinski definition) is 7. The summed E-state index contributed by atoms with van der Waals surface area (Å²) in [5, 5.41) is 21.5. The van der Waals surface area contributed by atoms with E-state index in [0.29, 0.717) is 7.11 Å². The van der Waals surface area contributed by atoms with Crippen molar-refractivity contribution < 1.29 is 65.6 Å². The number of hydrogen-bond acceptors (Lipinski definition) is 13. The molecule has 7 atom stereocenters. The van der Waals surface area contributed by atoms with Crippen LogP contribution in [0.3, 0.4) is 0 Å². The van der Waals surface area contributed by atoms with Crippen molar-refractivity contribution in [3.05, 3.63) is 76.8 Å². The summed E-state index contributed by atoms with van der Waals surface area (Å²) >= 11 is 0. The molecular weight excluding hydrogens is 675 g/mol. The number of H-pyrrole nitrogens is 1. The fourth-order valence-corrected chi connectivity index (χ4v) is 7.97. The molecule has 248 valence electrons. The van der Waals surface area contributed by atoms with Crippen LogP contribution in [0.4, 0.5) is 5.95 Å². The number of phosphoric acid groups is 3. The second kappa shape index (κ2) is 13.2. The Labute approximate surface area is 259 Å². The van der Waals surface area contributed by atoms with Crippen LogP contribution in [0.5, 0.6) is 0 Å². The first-order chi connectivity index (χ1) is 21.6. The largest absolute Gasteiger partial charge is 0.490 e. The van der Waals surface area contributed by atoms with Crippen LogP contribution in [0, 0.1) is 0 Å². The number of phosphoric ester groups is 2. The lowest BCUT2D eigenvalue weighted by atomic mass is 10.0. The van der Waals surface area contributed by atoms with Gasteiger partial charge < -0.3 is 35.4 Å². The van der Waals surface area contributed by atoms with E-state index < -0.39 is 60.2 Å². The van der Waals surface area contributed by atoms with Crippen molar-refractivity contribution in [1.29, 1.82) is 0 Å². The van der Waals surface area contributed by atoms with Crippen molar-refractivity contribution in [3.63, 3.8) is 0 Å². The number of imidazole rings is 1. The molecule has 5 rings (SSSR count). The predicted molar refractivity (Wildman–Crippen MR) is 156 cm³/mol. The van der Waals surface area contributed by atoms with Gasteiger partial charge in [-0.2, -0.15) is 8.62 Å². The number of rotatable bonds is 12. The van der Waals surface area contributed by atoms with Crippen molar-refractivity contribution >= 4 is 40.6 Å². The molecule has 3 heterocycles. The summed E-state index contributed by atoms with van der Waals surface area (Å²) in [6.07, 6.45) is -5.04. The molecule has 4 aromatic rings. The average Bonchev–Trinajstić information content (AvgIpc) is 3.47. The SMILES string of the molecule is COP(=O)(O)OP(=O)(O)OP(=O)(O)OCC1OC([n+]2cn(Cc3ccc(-c4ccccc4)cc3)c3c(=O)[nH]c(N)nc32)C(O)C1O. The summed E-state index contributed by atoms with van der Waals surface area (Å²) in [5.41, 5.74) is 7.99. The quantitative estimate of drug-likeness (QED) is 0.0798. The number of aliphatic hydroxyl groups excluding tert-OH is 2. The third kappa shape index (κ3) is 7.70. The molecule has 1 aliphatic rings. The summed E-state index contributed by atoms with van der Waals surface area (Å²) in [4.78, 5) is 48.1. The number of ether oxygens (including phenoxy) is 1. The highest BCUT2D eigenvalue weighted by atomic mass is 31.3. The summed E-state index contributed by atoms with van der Waals surface area (Å²) in [5.74, 6) is -0.251. The molecule has 19 nitrogen and oxygen atoms in total. The van der Waals surface area contributed by atoms with E-state index in [1.807, 2.05) is 54.6 Å². The molecule has 8 N–H and O–H groups in total. The van der Waals surface area contributed by atoms with Gasteiger partial charge in [0.1, 0.15) is 18.3 Å². The maximum atomic E-state index is 13.0. The van der Waals surface area contributed by atoms with Crippen LogP contribution in [0.1, 0.15) is 11.8 Å². The van der Waals surface area contributed by atoms with Gasteiger partial charge in [0.2, 0.25) is 11.7 Å². The number of anilines is 1. The van der Waals surface area contributed by atoms with Crippen LogP contribution in [-0.4, -0.2) is 71.5 Å². The van der Waals surface area contributed by atoms with Crippen LogP contribution in [0.2, 0.25) is 0 Å². The van der Waals surface area contributed by atoms with Gasteiger partial charge in [-0.05, 0) is 16.7 Å². The standard InChI is InChI=1S/C24H28N5O14P3/c1-39-44(33,34)42-46(37,38)43-45(35,36)40-12-17-19(30)20(31)23(41-17)29-13-28(18-21(29)26-24(25)27-22(18)32)11-14-7-9-16(10-8-14)15-5-3-2-4-6-15/h2-10,13,17,19-20,23,30-31H,11-12H2,1H3,(H5-,25,26,27,32,33,34,35,36,37,38)/p+1. The van der Waals surface area contributed by atoms with E-state index in [-0.39, 0.29) is 23.7 Å². The lowest BCUT2D eigenvalue weighted by Crippen LogP contribution is -2.46. The van der Waals surface area contributed by atoms with E-state index in [9.17, 15) is 43.4 Å². The highest BCUT2D eigenvalue weighted by Crippen LogP contribution is 2.67. The lowest BCUT2D eigenvalue weighted by molar-refractivity contribution is -0.745. The average molecular weight is 704 g/mol. The second-order valence-electron chi connectivity index (χ2n) is 9.93. The molecule has 0 bridgehead atoms. The number of nitrogen functional groups attached to an aromatic ring is 1. The van der Waals surface area contributed by atoms with Crippen LogP contribution in [-0.2, 0) is 42.6 Å². The van der Waals surface area contributed by atoms with Crippen molar-refractivity contribution in [2.45, 2.75) is 31.1 Å². The molecular formula is C24H29N5O14P3+. The van der Waals surface area contributed by atoms with Gasteiger partial charge in [-0.25, -0.2) is 18.3 Å². The summed E-state index contributed by atoms with van der Waals surface area (Å²) in [7, 11) is -15.6. The third-order valence-electron chi connectivity index (χ3n) is 6.76. The molecule has 2 aromatic carbocycles. The topological polar surface area (TPSA) is 279 Å². The molecule has 0 spiro atoms. The number of aromatic nitrogens is 4. The monoisotopic (exact) mass is 704 g/mol. The molecule has 46 heavy (non-hydrogen) atoms. The first kappa shape index (κ1) is 34.2. The van der Waals surface area contributed by atoms with Gasteiger partial charge in [0.15, 0.2) is 6.33 Å². The van der Waals surface area contributed by atoms with Gasteiger partial charge in [-0.15, -0.1) is 0 Å². The number of nitrogens with zero attached hydrogens (tertiary/aromatic N) is 3. The molecule has 1 fully saturated rings. The molecule has 0 saturated carbocycles. The summed E-state index contributed by atoms with van der Waals surface area (Å²) < 4.78 is 60.3. The molecule has 7 unspecified atom stereocenters. The molecule has 0 amide bonds. The highest BCUT2D eigenvalue weighted by molar-refractivity contribution is 7.66. The first-order valence-electron chi connectivity index (χ1n) is 13.1. The molecule has 0 aliphatic carbocycles. The number of fused-ring (bicyclic) bond motifs is 1. The Hall–Kier alpha value is -3.12. The molecule has 2 aromatic heterocycles. The summed E-state index contributed by atoms with van der Waals surface area (Å²) in [6, 6.07) is 17.3. The van der Waals surface area contributed by atoms with Gasteiger partial charge in [0, 0.05) is 7.11 Å². The van der Waals surface area contributed by atoms with Crippen LogP contribution >= 0.6 is 23.5 Å². The van der Waals surface area contributed by atoms with E-state index in [2.05, 4.69) is 27.6 Å². The van der Waals surface area contributed by atoms with Crippen molar-refractivity contribution in [2.24, 2.45) is 0 Å². The van der Waals surface area contributed by atoms with E-state index in [0.717, 1.165) is 16.7 Å². The van der Waals surface area contributed by atoms with Gasteiger partial charge in [-0.3, -0.25) is 23.4 Å². The van der Waals surface area contributed by atoms with Crippen LogP contribution in [0.25, 0.3) is 22.3 Å². The van der Waals surface area contributed by atoms with Gasteiger partial charge in [0.25, 0.3) is 11.5 Å². The fourth-order valence-electron chi connectivity index (χ4n) is 4.71. The zero-order valence-electron chi connectivity index (χ0n) is 23.7. The normalized spacial score (nSPS) is 24.0. The minimum absolute atomic E-state index is 0.0268. The van der Waals surface area contributed by atoms with Crippen molar-refractivity contribution in [3.8, 4) is 11.1 Å². The number of aliphatic hydroxyl groups is 2. The third-order valence-corrected chi connectivity index (χ3v) is 11.0. The molecule has 22 heteroatoms. The molecule has 1 saturated heterocycles. The highest BCUT2D eigenvalue weighted by Gasteiger charge is 2.49. The smallest absolute Gasteiger partial charge is 0.387 e. The molecule has 1 aliphatic heterocycles. The lowest BCUT2D eigenvalue weighted by Gasteiger charge is -2.19. The first-order valence-corrected chi connectivity index (χ1v) is 17.6. The van der Waals surface area contributed by atoms with E-state index >= 15 is 0 Å². The number of nitrogens with two attached hydrogens (primary N) is 1. The Morgan fingerprint density at radius 1 is 0.957 bits per heavy atom.